The van der Waals surface area contributed by atoms with Gasteiger partial charge < -0.3 is 33.9 Å². The fourth-order valence-corrected chi connectivity index (χ4v) is 10.7. The Labute approximate surface area is 376 Å². The van der Waals surface area contributed by atoms with Gasteiger partial charge in [-0.15, -0.1) is 6.42 Å². The molecule has 1 N–H and O–H groups in total. The number of unbranched alkanes of at least 4 members (excludes halogenated alkanes) is 6. The van der Waals surface area contributed by atoms with Gasteiger partial charge in [-0.25, -0.2) is 23.4 Å². The lowest BCUT2D eigenvalue weighted by Gasteiger charge is -2.45. The van der Waals surface area contributed by atoms with E-state index in [9.17, 15) is 18.8 Å². The van der Waals surface area contributed by atoms with Crippen molar-refractivity contribution in [3.63, 3.8) is 0 Å². The standard InChI is InChI=1S/C48H55F2N7O8/c1-4-6-7-8-9-10-11-16-37(58)63-28-64-47(60)57-32-17-18-35(57)36-26-61-44-39-42(53-45(54-43(39)56(36)25-32)62-27-48-19-13-20-55(48)24-31(49)23-48)40(50)41(52-44)34-22-33(65-46(59)51-3)21-30-15-12-14-29(5-2)38(30)34/h2,12,14-15,21-22,31-32,35-36H,4,6-11,13,16-20,23-28H2,1,3H3,(H,51,59)/t31-,32-,35+,36-,48+/m1/s1. The molecule has 5 atom stereocenters. The summed E-state index contributed by atoms with van der Waals surface area (Å²) in [6.07, 6.45) is 14.6. The zero-order valence-electron chi connectivity index (χ0n) is 36.9. The summed E-state index contributed by atoms with van der Waals surface area (Å²) in [5, 5.41) is 3.71. The topological polar surface area (TPSA) is 158 Å². The number of alkyl halides is 1. The second-order valence-electron chi connectivity index (χ2n) is 17.8. The number of amides is 2. The maximum atomic E-state index is 17.7. The number of carbonyl (C=O) groups is 3. The van der Waals surface area contributed by atoms with Crippen molar-refractivity contribution in [1.82, 2.24) is 30.1 Å². The number of benzene rings is 2. The van der Waals surface area contributed by atoms with Crippen LogP contribution in [0.15, 0.2) is 30.3 Å². The van der Waals surface area contributed by atoms with E-state index in [4.69, 9.17) is 45.1 Å². The van der Waals surface area contributed by atoms with E-state index in [0.29, 0.717) is 54.5 Å². The molecule has 7 heterocycles. The third kappa shape index (κ3) is 8.64. The van der Waals surface area contributed by atoms with Gasteiger partial charge in [-0.2, -0.15) is 9.97 Å². The largest absolute Gasteiger partial charge is 0.475 e. The monoisotopic (exact) mass is 895 g/mol. The van der Waals surface area contributed by atoms with Gasteiger partial charge in [0.1, 0.15) is 47.5 Å². The average Bonchev–Trinajstić information content (AvgIpc) is 3.91. The Bertz CT molecular complexity index is 2520. The number of aromatic nitrogens is 3. The highest BCUT2D eigenvalue weighted by Crippen LogP contribution is 2.47. The molecular formula is C48H55F2N7O8. The van der Waals surface area contributed by atoms with E-state index in [1.165, 1.54) is 32.4 Å². The number of carbonyl (C=O) groups excluding carboxylic acids is 3. The molecule has 0 radical (unpaired) electrons. The lowest BCUT2D eigenvalue weighted by atomic mass is 9.95. The molecule has 15 nitrogen and oxygen atoms in total. The van der Waals surface area contributed by atoms with Gasteiger partial charge in [-0.1, -0.05) is 63.5 Å². The molecule has 17 heteroatoms. The zero-order valence-corrected chi connectivity index (χ0v) is 36.9. The van der Waals surface area contributed by atoms with Crippen molar-refractivity contribution in [2.24, 2.45) is 0 Å². The number of piperazine rings is 1. The number of nitrogens with zero attached hydrogens (tertiary/aromatic N) is 6. The molecule has 4 fully saturated rings. The second kappa shape index (κ2) is 18.8. The van der Waals surface area contributed by atoms with Crippen LogP contribution in [0.3, 0.4) is 0 Å². The smallest absolute Gasteiger partial charge is 0.413 e. The van der Waals surface area contributed by atoms with E-state index in [1.54, 1.807) is 29.2 Å². The fraction of sp³-hybridized carbons (Fsp3) is 0.542. The van der Waals surface area contributed by atoms with Gasteiger partial charge in [-0.3, -0.25) is 14.6 Å². The first kappa shape index (κ1) is 44.2. The van der Waals surface area contributed by atoms with E-state index in [0.717, 1.165) is 45.1 Å². The summed E-state index contributed by atoms with van der Waals surface area (Å²) >= 11 is 0. The molecule has 2 aromatic carbocycles. The Balaban J connectivity index is 1.04. The van der Waals surface area contributed by atoms with E-state index in [2.05, 4.69) is 23.1 Å². The van der Waals surface area contributed by atoms with Crippen molar-refractivity contribution in [3.05, 3.63) is 41.7 Å². The maximum Gasteiger partial charge on any atom is 0.413 e. The highest BCUT2D eigenvalue weighted by molar-refractivity contribution is 6.04. The van der Waals surface area contributed by atoms with Crippen LogP contribution >= 0.6 is 0 Å². The molecule has 2 bridgehead atoms. The molecule has 9 rings (SSSR count). The Morgan fingerprint density at radius 1 is 1.02 bits per heavy atom. The molecule has 0 aliphatic carbocycles. The first-order valence-electron chi connectivity index (χ1n) is 23.0. The van der Waals surface area contributed by atoms with Gasteiger partial charge in [0.25, 0.3) is 0 Å². The molecule has 0 spiro atoms. The Morgan fingerprint density at radius 2 is 1.85 bits per heavy atom. The highest BCUT2D eigenvalue weighted by atomic mass is 19.1. The minimum Gasteiger partial charge on any atom is -0.475 e. The number of esters is 1. The van der Waals surface area contributed by atoms with Crippen molar-refractivity contribution < 1.29 is 46.8 Å². The molecule has 344 valence electrons. The highest BCUT2D eigenvalue weighted by Gasteiger charge is 2.52. The molecule has 0 saturated carbocycles. The van der Waals surface area contributed by atoms with Crippen molar-refractivity contribution in [3.8, 4) is 41.2 Å². The van der Waals surface area contributed by atoms with Crippen molar-refractivity contribution in [2.75, 3.05) is 51.6 Å². The van der Waals surface area contributed by atoms with E-state index in [1.807, 2.05) is 4.90 Å². The van der Waals surface area contributed by atoms with Gasteiger partial charge in [0.05, 0.1) is 23.7 Å². The van der Waals surface area contributed by atoms with Crippen molar-refractivity contribution in [1.29, 1.82) is 0 Å². The first-order valence-corrected chi connectivity index (χ1v) is 23.0. The van der Waals surface area contributed by atoms with Gasteiger partial charge in [0.15, 0.2) is 5.82 Å². The van der Waals surface area contributed by atoms with Crippen LogP contribution in [0.1, 0.15) is 96.0 Å². The number of pyridine rings is 1. The van der Waals surface area contributed by atoms with Crippen molar-refractivity contribution in [2.45, 2.75) is 120 Å². The number of nitrogens with one attached hydrogen (secondary N) is 1. The Kier molecular flexibility index (Phi) is 12.8. The zero-order chi connectivity index (χ0) is 45.2. The fourth-order valence-electron chi connectivity index (χ4n) is 10.7. The Morgan fingerprint density at radius 3 is 2.66 bits per heavy atom. The third-order valence-corrected chi connectivity index (χ3v) is 13.8. The van der Waals surface area contributed by atoms with E-state index >= 15 is 4.39 Å². The summed E-state index contributed by atoms with van der Waals surface area (Å²) in [6.45, 7) is 3.20. The van der Waals surface area contributed by atoms with E-state index < -0.39 is 54.6 Å². The number of fused-ring (bicyclic) bond motifs is 7. The van der Waals surface area contributed by atoms with Crippen LogP contribution in [0.5, 0.6) is 17.6 Å². The summed E-state index contributed by atoms with van der Waals surface area (Å²) in [5.74, 6) is 1.95. The number of hydrogen-bond acceptors (Lipinski definition) is 13. The number of terminal acetylenes is 1. The summed E-state index contributed by atoms with van der Waals surface area (Å²) in [5.41, 5.74) is -0.139. The lowest BCUT2D eigenvalue weighted by molar-refractivity contribution is -0.152. The van der Waals surface area contributed by atoms with Gasteiger partial charge in [-0.05, 0) is 62.2 Å². The maximum absolute atomic E-state index is 17.7. The predicted molar refractivity (Wildman–Crippen MR) is 237 cm³/mol. The summed E-state index contributed by atoms with van der Waals surface area (Å²) in [6, 6.07) is 7.06. The van der Waals surface area contributed by atoms with E-state index in [-0.39, 0.29) is 65.5 Å². The van der Waals surface area contributed by atoms with Crippen LogP contribution in [0, 0.1) is 18.2 Å². The minimum absolute atomic E-state index is 0.0282. The van der Waals surface area contributed by atoms with Gasteiger partial charge in [0.2, 0.25) is 12.7 Å². The van der Waals surface area contributed by atoms with Crippen molar-refractivity contribution >= 4 is 45.6 Å². The van der Waals surface area contributed by atoms with Crippen LogP contribution in [0.25, 0.3) is 32.9 Å². The molecule has 0 unspecified atom stereocenters. The minimum atomic E-state index is -0.987. The molecule has 4 saturated heterocycles. The molecule has 4 aromatic rings. The van der Waals surface area contributed by atoms with Crippen LogP contribution in [0.4, 0.5) is 24.2 Å². The Hall–Kier alpha value is -6.02. The van der Waals surface area contributed by atoms with Gasteiger partial charge >= 0.3 is 24.2 Å². The van der Waals surface area contributed by atoms with Crippen LogP contribution < -0.4 is 24.4 Å². The quantitative estimate of drug-likeness (QED) is 0.0534. The molecule has 5 aliphatic rings. The summed E-state index contributed by atoms with van der Waals surface area (Å²) in [4.78, 5) is 58.9. The lowest BCUT2D eigenvalue weighted by Crippen LogP contribution is -2.63. The van der Waals surface area contributed by atoms with Gasteiger partial charge in [0, 0.05) is 49.5 Å². The number of ether oxygens (including phenoxy) is 5. The molecule has 65 heavy (non-hydrogen) atoms. The van der Waals surface area contributed by atoms with Crippen LogP contribution in [-0.4, -0.2) is 119 Å². The average molecular weight is 896 g/mol. The van der Waals surface area contributed by atoms with Crippen LogP contribution in [-0.2, 0) is 14.3 Å². The summed E-state index contributed by atoms with van der Waals surface area (Å²) < 4.78 is 61.8. The first-order chi connectivity index (χ1) is 31.6. The predicted octanol–water partition coefficient (Wildman–Crippen LogP) is 7.83. The normalized spacial score (nSPS) is 23.1. The van der Waals surface area contributed by atoms with Crippen LogP contribution in [0.2, 0.25) is 0 Å². The SMILES string of the molecule is C#Cc1cccc2cc(OC(=O)NC)cc(-c3nc4c5c(nc(OC[C@@]67CCCN6C[C@H](F)C7)nc5c3F)N3C[C@H]5CC[C@@H]([C@H]3CO4)N5C(=O)OCOC(=O)CCCCCCCCC)c12. The molecule has 5 aliphatic heterocycles. The summed E-state index contributed by atoms with van der Waals surface area (Å²) in [7, 11) is 1.43. The number of hydrogen-bond donors (Lipinski definition) is 1. The number of halogens is 2. The second-order valence-corrected chi connectivity index (χ2v) is 17.8. The number of rotatable bonds is 15. The molecule has 2 aromatic heterocycles. The third-order valence-electron chi connectivity index (χ3n) is 13.8. The molecule has 2 amide bonds. The number of anilines is 1. The molecular weight excluding hydrogens is 841 g/mol.